The molecule has 16 heavy (non-hydrogen) atoms. The Kier molecular flexibility index (Phi) is 7.60. The van der Waals surface area contributed by atoms with Crippen molar-refractivity contribution in [2.45, 2.75) is 26.3 Å². The van der Waals surface area contributed by atoms with Crippen LogP contribution in [0.1, 0.15) is 24.0 Å². The van der Waals surface area contributed by atoms with Crippen LogP contribution in [0.25, 0.3) is 0 Å². The van der Waals surface area contributed by atoms with E-state index in [9.17, 15) is 4.79 Å². The summed E-state index contributed by atoms with van der Waals surface area (Å²) in [4.78, 5) is 11.3. The molecule has 0 heterocycles. The fourth-order valence-electron chi connectivity index (χ4n) is 1.37. The third-order valence-electron chi connectivity index (χ3n) is 2.18. The van der Waals surface area contributed by atoms with Gasteiger partial charge in [-0.05, 0) is 25.5 Å². The van der Waals surface area contributed by atoms with Crippen LogP contribution in [0, 0.1) is 6.92 Å². The highest BCUT2D eigenvalue weighted by Gasteiger charge is 2.00. The summed E-state index contributed by atoms with van der Waals surface area (Å²) in [6.07, 6.45) is 1.27. The van der Waals surface area contributed by atoms with Gasteiger partial charge in [0.05, 0.1) is 0 Å². The van der Waals surface area contributed by atoms with Gasteiger partial charge in [0, 0.05) is 13.0 Å². The quantitative estimate of drug-likeness (QED) is 0.827. The molecular weight excluding hydrogens is 224 g/mol. The minimum absolute atomic E-state index is 0. The Morgan fingerprint density at radius 1 is 1.44 bits per heavy atom. The number of benzene rings is 1. The van der Waals surface area contributed by atoms with E-state index in [0.717, 1.165) is 12.0 Å². The number of carbonyl (C=O) groups excluding carboxylic acids is 1. The van der Waals surface area contributed by atoms with Crippen LogP contribution in [0.4, 0.5) is 0 Å². The Balaban J connectivity index is 0.00000225. The van der Waals surface area contributed by atoms with Crippen molar-refractivity contribution >= 4 is 18.3 Å². The van der Waals surface area contributed by atoms with Crippen molar-refractivity contribution in [3.05, 3.63) is 35.4 Å². The molecule has 3 nitrogen and oxygen atoms in total. The lowest BCUT2D eigenvalue weighted by molar-refractivity contribution is -0.121. The van der Waals surface area contributed by atoms with Crippen LogP contribution in [-0.2, 0) is 11.3 Å². The van der Waals surface area contributed by atoms with Gasteiger partial charge in [-0.3, -0.25) is 4.79 Å². The molecule has 0 fully saturated rings. The predicted octanol–water partition coefficient (Wildman–Crippen LogP) is 1.77. The average Bonchev–Trinajstić information content (AvgIpc) is 2.23. The zero-order valence-corrected chi connectivity index (χ0v) is 10.3. The molecule has 1 rings (SSSR count). The van der Waals surface area contributed by atoms with Crippen molar-refractivity contribution in [3.63, 3.8) is 0 Å². The summed E-state index contributed by atoms with van der Waals surface area (Å²) in [5.41, 5.74) is 7.67. The number of carbonyl (C=O) groups is 1. The molecule has 3 N–H and O–H groups in total. The predicted molar refractivity (Wildman–Crippen MR) is 68.6 cm³/mol. The molecule has 0 aliphatic heterocycles. The molecule has 0 saturated heterocycles. The van der Waals surface area contributed by atoms with Crippen molar-refractivity contribution in [1.29, 1.82) is 0 Å². The fourth-order valence-corrected chi connectivity index (χ4v) is 1.37. The third-order valence-corrected chi connectivity index (χ3v) is 2.18. The zero-order valence-electron chi connectivity index (χ0n) is 9.53. The Morgan fingerprint density at radius 3 is 2.81 bits per heavy atom. The second-order valence-electron chi connectivity index (χ2n) is 3.66. The van der Waals surface area contributed by atoms with Gasteiger partial charge < -0.3 is 11.1 Å². The van der Waals surface area contributed by atoms with Crippen LogP contribution in [-0.4, -0.2) is 12.5 Å². The Labute approximate surface area is 103 Å². The van der Waals surface area contributed by atoms with E-state index in [4.69, 9.17) is 5.73 Å². The van der Waals surface area contributed by atoms with Crippen molar-refractivity contribution in [2.24, 2.45) is 5.73 Å². The van der Waals surface area contributed by atoms with Gasteiger partial charge in [-0.15, -0.1) is 12.4 Å². The van der Waals surface area contributed by atoms with Gasteiger partial charge in [0.25, 0.3) is 0 Å². The van der Waals surface area contributed by atoms with E-state index >= 15 is 0 Å². The molecular formula is C12H19ClN2O. The van der Waals surface area contributed by atoms with Gasteiger partial charge in [0.1, 0.15) is 0 Å². The standard InChI is InChI=1S/C12H18N2O.ClH/c1-10-4-2-5-11(8-10)9-14-12(15)6-3-7-13;/h2,4-5,8H,3,6-7,9,13H2,1H3,(H,14,15);1H. The molecule has 0 spiro atoms. The lowest BCUT2D eigenvalue weighted by Crippen LogP contribution is -2.23. The number of halogens is 1. The SMILES string of the molecule is Cc1cccc(CNC(=O)CCCN)c1.Cl. The molecule has 0 atom stereocenters. The second-order valence-corrected chi connectivity index (χ2v) is 3.66. The number of hydrogen-bond donors (Lipinski definition) is 2. The van der Waals surface area contributed by atoms with E-state index in [2.05, 4.69) is 11.4 Å². The van der Waals surface area contributed by atoms with Crippen LogP contribution >= 0.6 is 12.4 Å². The summed E-state index contributed by atoms with van der Waals surface area (Å²) in [6, 6.07) is 8.12. The summed E-state index contributed by atoms with van der Waals surface area (Å²) in [5.74, 6) is 0.0713. The van der Waals surface area contributed by atoms with Crippen molar-refractivity contribution in [3.8, 4) is 0 Å². The highest BCUT2D eigenvalue weighted by atomic mass is 35.5. The Morgan fingerprint density at radius 2 is 2.19 bits per heavy atom. The average molecular weight is 243 g/mol. The Hall–Kier alpha value is -1.06. The first-order chi connectivity index (χ1) is 7.22. The molecule has 0 aliphatic carbocycles. The molecule has 1 aromatic rings. The minimum atomic E-state index is 0. The first kappa shape index (κ1) is 14.9. The topological polar surface area (TPSA) is 55.1 Å². The van der Waals surface area contributed by atoms with Crippen molar-refractivity contribution in [1.82, 2.24) is 5.32 Å². The minimum Gasteiger partial charge on any atom is -0.352 e. The Bertz CT molecular complexity index is 329. The molecule has 1 aromatic carbocycles. The normalized spacial score (nSPS) is 9.38. The number of nitrogens with one attached hydrogen (secondary N) is 1. The fraction of sp³-hybridized carbons (Fsp3) is 0.417. The summed E-state index contributed by atoms with van der Waals surface area (Å²) in [7, 11) is 0. The van der Waals surface area contributed by atoms with Gasteiger partial charge >= 0.3 is 0 Å². The summed E-state index contributed by atoms with van der Waals surface area (Å²) in [6.45, 7) is 3.21. The third kappa shape index (κ3) is 5.73. The largest absolute Gasteiger partial charge is 0.352 e. The van der Waals surface area contributed by atoms with Crippen molar-refractivity contribution in [2.75, 3.05) is 6.54 Å². The van der Waals surface area contributed by atoms with E-state index < -0.39 is 0 Å². The van der Waals surface area contributed by atoms with E-state index in [-0.39, 0.29) is 18.3 Å². The summed E-state index contributed by atoms with van der Waals surface area (Å²) >= 11 is 0. The van der Waals surface area contributed by atoms with Gasteiger partial charge in [0.2, 0.25) is 5.91 Å². The number of amides is 1. The van der Waals surface area contributed by atoms with E-state index in [1.165, 1.54) is 5.56 Å². The molecule has 0 aromatic heterocycles. The lowest BCUT2D eigenvalue weighted by atomic mass is 10.1. The highest BCUT2D eigenvalue weighted by Crippen LogP contribution is 2.03. The van der Waals surface area contributed by atoms with Gasteiger partial charge in [-0.1, -0.05) is 29.8 Å². The number of nitrogens with two attached hydrogens (primary N) is 1. The second kappa shape index (κ2) is 8.13. The maximum absolute atomic E-state index is 11.3. The number of rotatable bonds is 5. The monoisotopic (exact) mass is 242 g/mol. The van der Waals surface area contributed by atoms with Crippen LogP contribution in [0.15, 0.2) is 24.3 Å². The summed E-state index contributed by atoms with van der Waals surface area (Å²) in [5, 5.41) is 2.87. The first-order valence-corrected chi connectivity index (χ1v) is 5.24. The van der Waals surface area contributed by atoms with Gasteiger partial charge in [-0.2, -0.15) is 0 Å². The highest BCUT2D eigenvalue weighted by molar-refractivity contribution is 5.85. The molecule has 0 unspecified atom stereocenters. The van der Waals surface area contributed by atoms with Crippen LogP contribution in [0.2, 0.25) is 0 Å². The molecule has 0 bridgehead atoms. The van der Waals surface area contributed by atoms with E-state index in [0.29, 0.717) is 19.5 Å². The maximum Gasteiger partial charge on any atom is 0.220 e. The molecule has 0 radical (unpaired) electrons. The number of aryl methyl sites for hydroxylation is 1. The molecule has 1 amide bonds. The van der Waals surface area contributed by atoms with Gasteiger partial charge in [-0.25, -0.2) is 0 Å². The number of hydrogen-bond acceptors (Lipinski definition) is 2. The van der Waals surface area contributed by atoms with Crippen LogP contribution in [0.5, 0.6) is 0 Å². The smallest absolute Gasteiger partial charge is 0.220 e. The van der Waals surface area contributed by atoms with E-state index in [1.807, 2.05) is 25.1 Å². The molecule has 4 heteroatoms. The molecule has 0 aliphatic rings. The maximum atomic E-state index is 11.3. The molecule has 90 valence electrons. The zero-order chi connectivity index (χ0) is 11.1. The van der Waals surface area contributed by atoms with E-state index in [1.54, 1.807) is 0 Å². The van der Waals surface area contributed by atoms with Gasteiger partial charge in [0.15, 0.2) is 0 Å². The van der Waals surface area contributed by atoms with Crippen LogP contribution < -0.4 is 11.1 Å². The lowest BCUT2D eigenvalue weighted by Gasteiger charge is -2.05. The van der Waals surface area contributed by atoms with Crippen molar-refractivity contribution < 1.29 is 4.79 Å². The summed E-state index contributed by atoms with van der Waals surface area (Å²) < 4.78 is 0. The first-order valence-electron chi connectivity index (χ1n) is 5.24. The molecule has 0 saturated carbocycles. The van der Waals surface area contributed by atoms with Crippen LogP contribution in [0.3, 0.4) is 0 Å².